The molecule has 1 rings (SSSR count). The topological polar surface area (TPSA) is 67.8 Å². The number of likely N-dealkylation sites (N-methyl/N-ethyl adjacent to an activating group) is 1. The van der Waals surface area contributed by atoms with Crippen LogP contribution >= 0.6 is 0 Å². The van der Waals surface area contributed by atoms with Crippen LogP contribution in [0.25, 0.3) is 0 Å². The summed E-state index contributed by atoms with van der Waals surface area (Å²) in [6.07, 6.45) is 0. The number of nitrogens with one attached hydrogen (secondary N) is 1. The number of ether oxygens (including phenoxy) is 2. The second-order valence-electron chi connectivity index (χ2n) is 4.36. The van der Waals surface area contributed by atoms with Gasteiger partial charge in [0, 0.05) is 6.61 Å². The minimum absolute atomic E-state index is 0.0628. The first kappa shape index (κ1) is 16.6. The fraction of sp³-hybridized carbons (Fsp3) is 0.533. The summed E-state index contributed by atoms with van der Waals surface area (Å²) in [5.41, 5.74) is -0.534. The van der Waals surface area contributed by atoms with Gasteiger partial charge in [0.2, 0.25) is 0 Å². The number of hydrogen-bond acceptors (Lipinski definition) is 4. The molecule has 0 bridgehead atoms. The van der Waals surface area contributed by atoms with Gasteiger partial charge in [0.1, 0.15) is 0 Å². The van der Waals surface area contributed by atoms with Crippen LogP contribution in [0.2, 0.25) is 0 Å². The Labute approximate surface area is 119 Å². The minimum atomic E-state index is -1.22. The summed E-state index contributed by atoms with van der Waals surface area (Å²) in [7, 11) is 0. The van der Waals surface area contributed by atoms with Gasteiger partial charge in [-0.3, -0.25) is 5.32 Å². The molecule has 20 heavy (non-hydrogen) atoms. The molecular formula is C15H23NO4. The highest BCUT2D eigenvalue weighted by Crippen LogP contribution is 2.22. The summed E-state index contributed by atoms with van der Waals surface area (Å²) < 4.78 is 10.7. The first-order valence-electron chi connectivity index (χ1n) is 6.86. The summed E-state index contributed by atoms with van der Waals surface area (Å²) in [6, 6.07) is 9.10. The Morgan fingerprint density at radius 1 is 1.20 bits per heavy atom. The standard InChI is InChI=1S/C15H23NO4/c1-3-16-15(14(17)18,12-20-11-10-19-4-2)13-8-6-5-7-9-13/h5-9,16H,3-4,10-12H2,1-2H3,(H,17,18). The van der Waals surface area contributed by atoms with Gasteiger partial charge in [0.25, 0.3) is 0 Å². The van der Waals surface area contributed by atoms with E-state index in [-0.39, 0.29) is 6.61 Å². The lowest BCUT2D eigenvalue weighted by Crippen LogP contribution is -2.52. The van der Waals surface area contributed by atoms with Gasteiger partial charge in [-0.25, -0.2) is 4.79 Å². The fourth-order valence-electron chi connectivity index (χ4n) is 2.01. The van der Waals surface area contributed by atoms with Crippen molar-refractivity contribution < 1.29 is 19.4 Å². The van der Waals surface area contributed by atoms with Gasteiger partial charge in [-0.05, 0) is 19.0 Å². The van der Waals surface area contributed by atoms with Crippen molar-refractivity contribution in [2.24, 2.45) is 0 Å². The third kappa shape index (κ3) is 4.30. The molecule has 1 aromatic carbocycles. The van der Waals surface area contributed by atoms with Crippen molar-refractivity contribution in [2.45, 2.75) is 19.4 Å². The summed E-state index contributed by atoms with van der Waals surface area (Å²) in [5, 5.41) is 12.7. The van der Waals surface area contributed by atoms with Crippen LogP contribution in [0.3, 0.4) is 0 Å². The van der Waals surface area contributed by atoms with Crippen molar-refractivity contribution in [1.82, 2.24) is 5.32 Å². The van der Waals surface area contributed by atoms with E-state index in [1.165, 1.54) is 0 Å². The van der Waals surface area contributed by atoms with Crippen LogP contribution in [-0.2, 0) is 19.8 Å². The molecule has 112 valence electrons. The number of hydrogen-bond donors (Lipinski definition) is 2. The molecule has 0 aromatic heterocycles. The van der Waals surface area contributed by atoms with E-state index >= 15 is 0 Å². The third-order valence-corrected chi connectivity index (χ3v) is 3.00. The van der Waals surface area contributed by atoms with Gasteiger partial charge < -0.3 is 14.6 Å². The Morgan fingerprint density at radius 2 is 1.85 bits per heavy atom. The molecule has 0 saturated carbocycles. The van der Waals surface area contributed by atoms with Crippen molar-refractivity contribution in [3.05, 3.63) is 35.9 Å². The Kier molecular flexibility index (Phi) is 7.22. The Bertz CT molecular complexity index is 396. The van der Waals surface area contributed by atoms with Crippen LogP contribution in [0.1, 0.15) is 19.4 Å². The van der Waals surface area contributed by atoms with Gasteiger partial charge in [0.15, 0.2) is 5.54 Å². The molecular weight excluding hydrogens is 258 g/mol. The number of benzene rings is 1. The zero-order valence-electron chi connectivity index (χ0n) is 12.1. The lowest BCUT2D eigenvalue weighted by molar-refractivity contribution is -0.148. The summed E-state index contributed by atoms with van der Waals surface area (Å²) >= 11 is 0. The average molecular weight is 281 g/mol. The lowest BCUT2D eigenvalue weighted by Gasteiger charge is -2.30. The molecule has 0 spiro atoms. The number of rotatable bonds is 10. The van der Waals surface area contributed by atoms with E-state index in [2.05, 4.69) is 5.32 Å². The molecule has 0 fully saturated rings. The maximum absolute atomic E-state index is 11.8. The largest absolute Gasteiger partial charge is 0.480 e. The second kappa shape index (κ2) is 8.68. The first-order chi connectivity index (χ1) is 9.67. The maximum Gasteiger partial charge on any atom is 0.331 e. The van der Waals surface area contributed by atoms with Crippen molar-refractivity contribution in [1.29, 1.82) is 0 Å². The first-order valence-corrected chi connectivity index (χ1v) is 6.86. The van der Waals surface area contributed by atoms with Crippen molar-refractivity contribution in [2.75, 3.05) is 33.0 Å². The average Bonchev–Trinajstić information content (AvgIpc) is 2.46. The molecule has 0 saturated heterocycles. The summed E-state index contributed by atoms with van der Waals surface area (Å²) in [4.78, 5) is 11.8. The van der Waals surface area contributed by atoms with E-state index in [0.29, 0.717) is 31.9 Å². The maximum atomic E-state index is 11.8. The van der Waals surface area contributed by atoms with Crippen LogP contribution in [0.15, 0.2) is 30.3 Å². The fourth-order valence-corrected chi connectivity index (χ4v) is 2.01. The van der Waals surface area contributed by atoms with E-state index in [4.69, 9.17) is 9.47 Å². The smallest absolute Gasteiger partial charge is 0.331 e. The highest BCUT2D eigenvalue weighted by molar-refractivity contribution is 5.81. The molecule has 0 aliphatic heterocycles. The molecule has 0 amide bonds. The van der Waals surface area contributed by atoms with Crippen LogP contribution < -0.4 is 5.32 Å². The molecule has 0 aliphatic rings. The molecule has 1 aromatic rings. The molecule has 5 heteroatoms. The zero-order chi connectivity index (χ0) is 14.8. The van der Waals surface area contributed by atoms with Gasteiger partial charge in [-0.1, -0.05) is 37.3 Å². The minimum Gasteiger partial charge on any atom is -0.480 e. The number of carboxylic acid groups (broad SMARTS) is 1. The Hall–Kier alpha value is -1.43. The molecule has 1 atom stereocenters. The summed E-state index contributed by atoms with van der Waals surface area (Å²) in [5.74, 6) is -0.943. The molecule has 2 N–H and O–H groups in total. The van der Waals surface area contributed by atoms with E-state index in [9.17, 15) is 9.90 Å². The van der Waals surface area contributed by atoms with Gasteiger partial charge in [0.05, 0.1) is 19.8 Å². The molecule has 0 heterocycles. The predicted molar refractivity (Wildman–Crippen MR) is 76.7 cm³/mol. The third-order valence-electron chi connectivity index (χ3n) is 3.00. The van der Waals surface area contributed by atoms with Crippen molar-refractivity contribution >= 4 is 5.97 Å². The van der Waals surface area contributed by atoms with E-state index < -0.39 is 11.5 Å². The van der Waals surface area contributed by atoms with Crippen molar-refractivity contribution in [3.63, 3.8) is 0 Å². The highest BCUT2D eigenvalue weighted by atomic mass is 16.5. The molecule has 5 nitrogen and oxygen atoms in total. The van der Waals surface area contributed by atoms with Crippen LogP contribution in [0.5, 0.6) is 0 Å². The Balaban J connectivity index is 2.81. The molecule has 0 radical (unpaired) electrons. The monoisotopic (exact) mass is 281 g/mol. The van der Waals surface area contributed by atoms with Gasteiger partial charge >= 0.3 is 5.97 Å². The Morgan fingerprint density at radius 3 is 2.40 bits per heavy atom. The van der Waals surface area contributed by atoms with E-state index in [1.807, 2.05) is 32.0 Å². The summed E-state index contributed by atoms with van der Waals surface area (Å²) in [6.45, 7) is 5.85. The number of carboxylic acids is 1. The van der Waals surface area contributed by atoms with E-state index in [0.717, 1.165) is 0 Å². The van der Waals surface area contributed by atoms with Crippen LogP contribution in [0.4, 0.5) is 0 Å². The molecule has 1 unspecified atom stereocenters. The highest BCUT2D eigenvalue weighted by Gasteiger charge is 2.40. The number of aliphatic carboxylic acids is 1. The van der Waals surface area contributed by atoms with Gasteiger partial charge in [-0.15, -0.1) is 0 Å². The number of carbonyl (C=O) groups is 1. The quantitative estimate of drug-likeness (QED) is 0.638. The SMILES string of the molecule is CCNC(COCCOCC)(C(=O)O)c1ccccc1. The normalized spacial score (nSPS) is 13.9. The predicted octanol–water partition coefficient (Wildman–Crippen LogP) is 1.63. The van der Waals surface area contributed by atoms with Crippen molar-refractivity contribution in [3.8, 4) is 0 Å². The van der Waals surface area contributed by atoms with Gasteiger partial charge in [-0.2, -0.15) is 0 Å². The zero-order valence-corrected chi connectivity index (χ0v) is 12.1. The molecule has 0 aliphatic carbocycles. The second-order valence-corrected chi connectivity index (χ2v) is 4.36. The van der Waals surface area contributed by atoms with E-state index in [1.54, 1.807) is 12.1 Å². The van der Waals surface area contributed by atoms with Crippen LogP contribution in [0, 0.1) is 0 Å². The van der Waals surface area contributed by atoms with Crippen LogP contribution in [-0.4, -0.2) is 44.0 Å². The lowest BCUT2D eigenvalue weighted by atomic mass is 9.90.